The van der Waals surface area contributed by atoms with Crippen LogP contribution in [0.15, 0.2) is 36.4 Å². The van der Waals surface area contributed by atoms with Gasteiger partial charge in [-0.15, -0.1) is 0 Å². The molecule has 1 amide bonds. The van der Waals surface area contributed by atoms with Gasteiger partial charge in [0.25, 0.3) is 0 Å². The highest BCUT2D eigenvalue weighted by Crippen LogP contribution is 2.27. The minimum atomic E-state index is -0.975. The number of nitrogens with two attached hydrogens (primary N) is 2. The number of anilines is 2. The fourth-order valence-corrected chi connectivity index (χ4v) is 3.48. The van der Waals surface area contributed by atoms with Gasteiger partial charge in [-0.1, -0.05) is 11.8 Å². The molecular formula is C26H33N5O3. The van der Waals surface area contributed by atoms with Gasteiger partial charge in [-0.3, -0.25) is 15.0 Å². The van der Waals surface area contributed by atoms with E-state index in [-0.39, 0.29) is 30.6 Å². The topological polar surface area (TPSA) is 146 Å². The van der Waals surface area contributed by atoms with Crippen molar-refractivity contribution in [3.8, 4) is 11.8 Å². The Morgan fingerprint density at radius 2 is 1.79 bits per heavy atom. The van der Waals surface area contributed by atoms with E-state index in [0.29, 0.717) is 12.1 Å². The molecule has 8 heteroatoms. The Balaban J connectivity index is 2.15. The number of carbonyl (C=O) groups is 2. The summed E-state index contributed by atoms with van der Waals surface area (Å²) in [7, 11) is 0. The molecule has 1 unspecified atom stereocenters. The summed E-state index contributed by atoms with van der Waals surface area (Å²) in [6.45, 7) is 8.10. The van der Waals surface area contributed by atoms with E-state index in [1.54, 1.807) is 17.0 Å². The van der Waals surface area contributed by atoms with Crippen LogP contribution in [0.1, 0.15) is 48.9 Å². The zero-order chi connectivity index (χ0) is 25.4. The Morgan fingerprint density at radius 3 is 2.35 bits per heavy atom. The van der Waals surface area contributed by atoms with Crippen LogP contribution >= 0.6 is 0 Å². The van der Waals surface area contributed by atoms with Crippen LogP contribution in [0.4, 0.5) is 11.4 Å². The molecule has 2 aromatic carbocycles. The Bertz CT molecular complexity index is 1110. The SMILES string of the molecule is Cc1cc(N(C(=O)C(N)CCC(=O)O)C(C)C)c(C)cc1C#CCNc1ccc(C(=N)N)cc1. The lowest BCUT2D eigenvalue weighted by Crippen LogP contribution is -2.47. The molecule has 8 nitrogen and oxygen atoms in total. The number of hydrogen-bond acceptors (Lipinski definition) is 5. The number of carboxylic acid groups (broad SMARTS) is 1. The molecule has 0 saturated carbocycles. The van der Waals surface area contributed by atoms with E-state index in [1.165, 1.54) is 0 Å². The van der Waals surface area contributed by atoms with Crippen molar-refractivity contribution >= 4 is 29.1 Å². The van der Waals surface area contributed by atoms with Crippen LogP contribution < -0.4 is 21.7 Å². The molecule has 0 radical (unpaired) electrons. The molecule has 2 aromatic rings. The van der Waals surface area contributed by atoms with E-state index in [2.05, 4.69) is 17.2 Å². The first-order chi connectivity index (χ1) is 16.0. The summed E-state index contributed by atoms with van der Waals surface area (Å²) in [6, 6.07) is 10.1. The normalized spacial score (nSPS) is 11.4. The zero-order valence-corrected chi connectivity index (χ0v) is 20.1. The molecule has 0 fully saturated rings. The van der Waals surface area contributed by atoms with Crippen molar-refractivity contribution in [1.82, 2.24) is 0 Å². The lowest BCUT2D eigenvalue weighted by Gasteiger charge is -2.31. The predicted octanol–water partition coefficient (Wildman–Crippen LogP) is 2.98. The third-order valence-corrected chi connectivity index (χ3v) is 5.34. The van der Waals surface area contributed by atoms with Crippen molar-refractivity contribution in [3.63, 3.8) is 0 Å². The largest absolute Gasteiger partial charge is 0.481 e. The molecule has 0 aliphatic rings. The van der Waals surface area contributed by atoms with Crippen molar-refractivity contribution in [2.45, 2.75) is 52.6 Å². The monoisotopic (exact) mass is 463 g/mol. The number of carboxylic acids is 1. The summed E-state index contributed by atoms with van der Waals surface area (Å²) >= 11 is 0. The first-order valence-electron chi connectivity index (χ1n) is 11.1. The van der Waals surface area contributed by atoms with Crippen molar-refractivity contribution in [3.05, 3.63) is 58.7 Å². The van der Waals surface area contributed by atoms with Crippen molar-refractivity contribution in [2.75, 3.05) is 16.8 Å². The number of hydrogen-bond donors (Lipinski definition) is 5. The number of benzene rings is 2. The van der Waals surface area contributed by atoms with Gasteiger partial charge in [-0.2, -0.15) is 0 Å². The minimum Gasteiger partial charge on any atom is -0.481 e. The summed E-state index contributed by atoms with van der Waals surface area (Å²) in [5.74, 6) is 5.04. The molecule has 180 valence electrons. The highest BCUT2D eigenvalue weighted by molar-refractivity contribution is 5.98. The lowest BCUT2D eigenvalue weighted by atomic mass is 10.0. The van der Waals surface area contributed by atoms with Crippen LogP contribution in [-0.4, -0.2) is 41.4 Å². The molecule has 2 rings (SSSR count). The first-order valence-corrected chi connectivity index (χ1v) is 11.1. The second-order valence-electron chi connectivity index (χ2n) is 8.44. The maximum absolute atomic E-state index is 13.0. The Kier molecular flexibility index (Phi) is 9.22. The minimum absolute atomic E-state index is 0.0283. The van der Waals surface area contributed by atoms with Gasteiger partial charge in [-0.25, -0.2) is 0 Å². The average Bonchev–Trinajstić information content (AvgIpc) is 2.77. The number of carbonyl (C=O) groups excluding carboxylic acids is 1. The molecule has 0 spiro atoms. The molecule has 1 atom stereocenters. The van der Waals surface area contributed by atoms with E-state index < -0.39 is 12.0 Å². The van der Waals surface area contributed by atoms with Gasteiger partial charge < -0.3 is 26.8 Å². The van der Waals surface area contributed by atoms with Gasteiger partial charge in [0.05, 0.1) is 12.6 Å². The lowest BCUT2D eigenvalue weighted by molar-refractivity contribution is -0.137. The number of nitrogen functional groups attached to an aromatic ring is 1. The number of aliphatic carboxylic acids is 1. The summed E-state index contributed by atoms with van der Waals surface area (Å²) in [5.41, 5.74) is 16.5. The van der Waals surface area contributed by atoms with Crippen LogP contribution in [0, 0.1) is 31.1 Å². The quantitative estimate of drug-likeness (QED) is 0.220. The zero-order valence-electron chi connectivity index (χ0n) is 20.1. The fourth-order valence-electron chi connectivity index (χ4n) is 3.48. The molecule has 0 heterocycles. The number of nitrogens with one attached hydrogen (secondary N) is 2. The van der Waals surface area contributed by atoms with Crippen molar-refractivity contribution in [1.29, 1.82) is 5.41 Å². The highest BCUT2D eigenvalue weighted by atomic mass is 16.4. The van der Waals surface area contributed by atoms with Gasteiger partial charge in [0.2, 0.25) is 5.91 Å². The molecule has 0 saturated heterocycles. The predicted molar refractivity (Wildman–Crippen MR) is 136 cm³/mol. The Hall–Kier alpha value is -3.83. The first kappa shape index (κ1) is 26.4. The molecule has 7 N–H and O–H groups in total. The smallest absolute Gasteiger partial charge is 0.303 e. The van der Waals surface area contributed by atoms with E-state index in [0.717, 1.165) is 28.1 Å². The van der Waals surface area contributed by atoms with Gasteiger partial charge in [0.1, 0.15) is 5.84 Å². The van der Waals surface area contributed by atoms with Crippen molar-refractivity contribution in [2.24, 2.45) is 11.5 Å². The number of amides is 1. The second kappa shape index (κ2) is 11.9. The maximum Gasteiger partial charge on any atom is 0.303 e. The molecular weight excluding hydrogens is 430 g/mol. The van der Waals surface area contributed by atoms with Gasteiger partial charge in [0, 0.05) is 35.0 Å². The van der Waals surface area contributed by atoms with E-state index >= 15 is 0 Å². The van der Waals surface area contributed by atoms with Gasteiger partial charge >= 0.3 is 5.97 Å². The van der Waals surface area contributed by atoms with Crippen LogP contribution in [0.2, 0.25) is 0 Å². The molecule has 0 bridgehead atoms. The summed E-state index contributed by atoms with van der Waals surface area (Å²) < 4.78 is 0. The van der Waals surface area contributed by atoms with Crippen LogP contribution in [0.3, 0.4) is 0 Å². The summed E-state index contributed by atoms with van der Waals surface area (Å²) in [4.78, 5) is 25.5. The van der Waals surface area contributed by atoms with Crippen LogP contribution in [-0.2, 0) is 9.59 Å². The number of aryl methyl sites for hydroxylation is 2. The van der Waals surface area contributed by atoms with Crippen molar-refractivity contribution < 1.29 is 14.7 Å². The number of nitrogens with zero attached hydrogens (tertiary/aromatic N) is 1. The molecule has 0 aliphatic heterocycles. The summed E-state index contributed by atoms with van der Waals surface area (Å²) in [6.07, 6.45) is -0.0657. The average molecular weight is 464 g/mol. The van der Waals surface area contributed by atoms with Crippen LogP contribution in [0.5, 0.6) is 0 Å². The molecule has 34 heavy (non-hydrogen) atoms. The van der Waals surface area contributed by atoms with Gasteiger partial charge in [0.15, 0.2) is 0 Å². The third kappa shape index (κ3) is 7.09. The summed E-state index contributed by atoms with van der Waals surface area (Å²) in [5, 5.41) is 19.5. The van der Waals surface area contributed by atoms with E-state index in [1.807, 2.05) is 52.0 Å². The molecule has 0 aromatic heterocycles. The standard InChI is InChI=1S/C26H33N5O3/c1-16(2)31(26(34)22(27)11-12-24(32)33)23-15-17(3)20(14-18(23)4)6-5-13-30-21-9-7-19(8-10-21)25(28)29/h7-10,14-16,22,30H,11-13,27H2,1-4H3,(H3,28,29)(H,32,33). The molecule has 0 aliphatic carbocycles. The fraction of sp³-hybridized carbons (Fsp3) is 0.346. The Morgan fingerprint density at radius 1 is 1.15 bits per heavy atom. The van der Waals surface area contributed by atoms with E-state index in [4.69, 9.17) is 22.0 Å². The van der Waals surface area contributed by atoms with Gasteiger partial charge in [-0.05, 0) is 81.6 Å². The van der Waals surface area contributed by atoms with E-state index in [9.17, 15) is 9.59 Å². The highest BCUT2D eigenvalue weighted by Gasteiger charge is 2.26. The number of amidine groups is 1. The number of rotatable bonds is 9. The third-order valence-electron chi connectivity index (χ3n) is 5.34. The maximum atomic E-state index is 13.0. The van der Waals surface area contributed by atoms with Crippen LogP contribution in [0.25, 0.3) is 0 Å². The second-order valence-corrected chi connectivity index (χ2v) is 8.44. The Labute approximate surface area is 200 Å².